The molecule has 1 atom stereocenters. The van der Waals surface area contributed by atoms with E-state index in [0.717, 1.165) is 0 Å². The van der Waals surface area contributed by atoms with Gasteiger partial charge in [0.25, 0.3) is 0 Å². The molecule has 0 spiro atoms. The lowest BCUT2D eigenvalue weighted by Gasteiger charge is -1.92. The standard InChI is InChI=1S/C7H7NO2/c1-5-2-3-7(10-5)6(9)4-8/h2-3,6,9H,1H3/t6-/m0/s1. The first kappa shape index (κ1) is 6.84. The van der Waals surface area contributed by atoms with Crippen molar-refractivity contribution in [3.05, 3.63) is 23.7 Å². The number of nitrogens with zero attached hydrogens (tertiary/aromatic N) is 1. The second-order valence-corrected chi connectivity index (χ2v) is 1.98. The van der Waals surface area contributed by atoms with Crippen LogP contribution in [0.3, 0.4) is 0 Å². The molecule has 1 rings (SSSR count). The molecule has 0 bridgehead atoms. The summed E-state index contributed by atoms with van der Waals surface area (Å²) in [5, 5.41) is 17.1. The molecule has 0 radical (unpaired) electrons. The Labute approximate surface area is 58.5 Å². The average molecular weight is 137 g/mol. The van der Waals surface area contributed by atoms with Crippen LogP contribution >= 0.6 is 0 Å². The van der Waals surface area contributed by atoms with Crippen molar-refractivity contribution in [3.63, 3.8) is 0 Å². The highest BCUT2D eigenvalue weighted by Crippen LogP contribution is 2.14. The summed E-state index contributed by atoms with van der Waals surface area (Å²) < 4.78 is 4.96. The number of aliphatic hydroxyl groups is 1. The van der Waals surface area contributed by atoms with Crippen LogP contribution in [0.4, 0.5) is 0 Å². The third-order valence-corrected chi connectivity index (χ3v) is 1.15. The van der Waals surface area contributed by atoms with Crippen molar-refractivity contribution in [2.75, 3.05) is 0 Å². The summed E-state index contributed by atoms with van der Waals surface area (Å²) in [4.78, 5) is 0. The van der Waals surface area contributed by atoms with Crippen LogP contribution in [-0.2, 0) is 0 Å². The maximum Gasteiger partial charge on any atom is 0.198 e. The topological polar surface area (TPSA) is 57.2 Å². The smallest absolute Gasteiger partial charge is 0.198 e. The quantitative estimate of drug-likeness (QED) is 0.590. The van der Waals surface area contributed by atoms with Crippen LogP contribution in [-0.4, -0.2) is 5.11 Å². The zero-order chi connectivity index (χ0) is 7.56. The predicted octanol–water partition coefficient (Wildman–Crippen LogP) is 1.14. The van der Waals surface area contributed by atoms with Crippen molar-refractivity contribution >= 4 is 0 Å². The van der Waals surface area contributed by atoms with Gasteiger partial charge in [-0.25, -0.2) is 0 Å². The van der Waals surface area contributed by atoms with E-state index in [-0.39, 0.29) is 0 Å². The Bertz CT molecular complexity index is 259. The van der Waals surface area contributed by atoms with Gasteiger partial charge in [0.2, 0.25) is 0 Å². The largest absolute Gasteiger partial charge is 0.462 e. The third-order valence-electron chi connectivity index (χ3n) is 1.15. The Morgan fingerprint density at radius 1 is 1.70 bits per heavy atom. The van der Waals surface area contributed by atoms with E-state index in [4.69, 9.17) is 14.8 Å². The number of furan rings is 1. The van der Waals surface area contributed by atoms with Crippen LogP contribution in [0.2, 0.25) is 0 Å². The molecule has 0 fully saturated rings. The van der Waals surface area contributed by atoms with Crippen LogP contribution in [0.5, 0.6) is 0 Å². The minimum absolute atomic E-state index is 0.306. The highest BCUT2D eigenvalue weighted by atomic mass is 16.4. The second-order valence-electron chi connectivity index (χ2n) is 1.98. The van der Waals surface area contributed by atoms with Gasteiger partial charge in [-0.3, -0.25) is 0 Å². The van der Waals surface area contributed by atoms with Crippen molar-refractivity contribution in [1.82, 2.24) is 0 Å². The minimum atomic E-state index is -1.13. The Hall–Kier alpha value is -1.27. The van der Waals surface area contributed by atoms with Crippen LogP contribution in [0.25, 0.3) is 0 Å². The van der Waals surface area contributed by atoms with Crippen LogP contribution in [0, 0.1) is 18.3 Å². The molecule has 0 aliphatic rings. The van der Waals surface area contributed by atoms with Gasteiger partial charge in [-0.05, 0) is 19.1 Å². The fourth-order valence-electron chi connectivity index (χ4n) is 0.664. The van der Waals surface area contributed by atoms with Gasteiger partial charge in [0, 0.05) is 0 Å². The average Bonchev–Trinajstić information content (AvgIpc) is 2.34. The maximum atomic E-state index is 8.89. The van der Waals surface area contributed by atoms with Crippen LogP contribution in [0.15, 0.2) is 16.5 Å². The minimum Gasteiger partial charge on any atom is -0.462 e. The Kier molecular flexibility index (Phi) is 1.74. The van der Waals surface area contributed by atoms with Crippen molar-refractivity contribution in [3.8, 4) is 6.07 Å². The molecule has 0 aliphatic heterocycles. The van der Waals surface area contributed by atoms with Gasteiger partial charge in [-0.2, -0.15) is 5.26 Å². The van der Waals surface area contributed by atoms with E-state index in [1.54, 1.807) is 25.1 Å². The zero-order valence-corrected chi connectivity index (χ0v) is 5.53. The Morgan fingerprint density at radius 2 is 2.40 bits per heavy atom. The van der Waals surface area contributed by atoms with Gasteiger partial charge in [0.15, 0.2) is 6.10 Å². The summed E-state index contributed by atoms with van der Waals surface area (Å²) in [5.41, 5.74) is 0. The molecule has 3 heteroatoms. The highest BCUT2D eigenvalue weighted by molar-refractivity contribution is 5.12. The van der Waals surface area contributed by atoms with E-state index in [1.165, 1.54) is 0 Å². The number of aryl methyl sites for hydroxylation is 1. The summed E-state index contributed by atoms with van der Waals surface area (Å²) in [6, 6.07) is 4.95. The third kappa shape index (κ3) is 1.17. The van der Waals surface area contributed by atoms with E-state index < -0.39 is 6.10 Å². The Morgan fingerprint density at radius 3 is 2.80 bits per heavy atom. The molecule has 1 N–H and O–H groups in total. The zero-order valence-electron chi connectivity index (χ0n) is 5.53. The van der Waals surface area contributed by atoms with E-state index >= 15 is 0 Å². The van der Waals surface area contributed by atoms with E-state index in [1.807, 2.05) is 0 Å². The maximum absolute atomic E-state index is 8.89. The number of hydrogen-bond donors (Lipinski definition) is 1. The molecule has 3 nitrogen and oxygen atoms in total. The molecule has 0 saturated heterocycles. The Balaban J connectivity index is 2.87. The van der Waals surface area contributed by atoms with Gasteiger partial charge in [0.1, 0.15) is 17.6 Å². The molecule has 1 heterocycles. The molecule has 0 amide bonds. The van der Waals surface area contributed by atoms with Crippen molar-refractivity contribution in [2.45, 2.75) is 13.0 Å². The number of hydrogen-bond acceptors (Lipinski definition) is 3. The number of rotatable bonds is 1. The first-order chi connectivity index (χ1) is 4.74. The van der Waals surface area contributed by atoms with Gasteiger partial charge >= 0.3 is 0 Å². The first-order valence-electron chi connectivity index (χ1n) is 2.88. The van der Waals surface area contributed by atoms with Crippen molar-refractivity contribution in [2.24, 2.45) is 0 Å². The van der Waals surface area contributed by atoms with Gasteiger partial charge in [-0.15, -0.1) is 0 Å². The summed E-state index contributed by atoms with van der Waals surface area (Å²) in [6.07, 6.45) is -1.13. The molecule has 1 aromatic heterocycles. The van der Waals surface area contributed by atoms with Gasteiger partial charge in [0.05, 0.1) is 0 Å². The molecular formula is C7H7NO2. The normalized spacial score (nSPS) is 12.5. The molecule has 52 valence electrons. The van der Waals surface area contributed by atoms with Crippen LogP contribution in [0.1, 0.15) is 17.6 Å². The fraction of sp³-hybridized carbons (Fsp3) is 0.286. The number of aliphatic hydroxyl groups excluding tert-OH is 1. The van der Waals surface area contributed by atoms with Crippen molar-refractivity contribution < 1.29 is 9.52 Å². The molecule has 0 unspecified atom stereocenters. The molecular weight excluding hydrogens is 130 g/mol. The monoisotopic (exact) mass is 137 g/mol. The SMILES string of the molecule is Cc1ccc([C@@H](O)C#N)o1. The fourth-order valence-corrected chi connectivity index (χ4v) is 0.664. The van der Waals surface area contributed by atoms with Gasteiger partial charge < -0.3 is 9.52 Å². The molecule has 0 saturated carbocycles. The lowest BCUT2D eigenvalue weighted by Crippen LogP contribution is -1.88. The molecule has 0 aliphatic carbocycles. The summed E-state index contributed by atoms with van der Waals surface area (Å²) in [7, 11) is 0. The highest BCUT2D eigenvalue weighted by Gasteiger charge is 2.08. The second kappa shape index (κ2) is 2.54. The summed E-state index contributed by atoms with van der Waals surface area (Å²) in [5.74, 6) is 1.00. The molecule has 0 aromatic carbocycles. The lowest BCUT2D eigenvalue weighted by atomic mass is 10.3. The molecule has 10 heavy (non-hydrogen) atoms. The van der Waals surface area contributed by atoms with Crippen molar-refractivity contribution in [1.29, 1.82) is 5.26 Å². The van der Waals surface area contributed by atoms with Gasteiger partial charge in [-0.1, -0.05) is 0 Å². The lowest BCUT2D eigenvalue weighted by molar-refractivity contribution is 0.202. The van der Waals surface area contributed by atoms with E-state index in [9.17, 15) is 0 Å². The summed E-state index contributed by atoms with van der Waals surface area (Å²) >= 11 is 0. The molecule has 1 aromatic rings. The first-order valence-corrected chi connectivity index (χ1v) is 2.88. The predicted molar refractivity (Wildman–Crippen MR) is 34.0 cm³/mol. The van der Waals surface area contributed by atoms with E-state index in [2.05, 4.69) is 0 Å². The van der Waals surface area contributed by atoms with Crippen LogP contribution < -0.4 is 0 Å². The van der Waals surface area contributed by atoms with E-state index in [0.29, 0.717) is 11.5 Å². The number of nitriles is 1. The summed E-state index contributed by atoms with van der Waals surface area (Å²) in [6.45, 7) is 1.76.